The number of anilines is 1. The molecule has 0 saturated heterocycles. The summed E-state index contributed by atoms with van der Waals surface area (Å²) in [7, 11) is 0. The summed E-state index contributed by atoms with van der Waals surface area (Å²) in [6.45, 7) is 4.38. The number of aromatic nitrogens is 3. The van der Waals surface area contributed by atoms with Gasteiger partial charge >= 0.3 is 0 Å². The van der Waals surface area contributed by atoms with Gasteiger partial charge in [-0.2, -0.15) is 5.10 Å². The Morgan fingerprint density at radius 3 is 2.61 bits per heavy atom. The Labute approximate surface area is 108 Å². The first-order valence-electron chi connectivity index (χ1n) is 6.88. The van der Waals surface area contributed by atoms with Crippen molar-refractivity contribution >= 4 is 5.95 Å². The van der Waals surface area contributed by atoms with E-state index < -0.39 is 0 Å². The molecule has 0 aliphatic heterocycles. The Kier molecular flexibility index (Phi) is 4.47. The molecule has 5 nitrogen and oxygen atoms in total. The summed E-state index contributed by atoms with van der Waals surface area (Å²) in [6, 6.07) is 0.286. The second-order valence-electron chi connectivity index (χ2n) is 4.86. The zero-order valence-corrected chi connectivity index (χ0v) is 11.2. The third-order valence-electron chi connectivity index (χ3n) is 3.72. The Bertz CT molecular complexity index is 397. The van der Waals surface area contributed by atoms with Crippen LogP contribution in [0.1, 0.15) is 44.5 Å². The number of nitrogens with one attached hydrogen (secondary N) is 1. The average molecular weight is 250 g/mol. The van der Waals surface area contributed by atoms with Crippen molar-refractivity contribution in [3.8, 4) is 0 Å². The lowest BCUT2D eigenvalue weighted by Gasteiger charge is -2.19. The van der Waals surface area contributed by atoms with E-state index in [4.69, 9.17) is 0 Å². The molecule has 1 aliphatic rings. The van der Waals surface area contributed by atoms with Gasteiger partial charge in [-0.15, -0.1) is 5.10 Å². The van der Waals surface area contributed by atoms with Crippen molar-refractivity contribution in [1.82, 2.24) is 15.2 Å². The van der Waals surface area contributed by atoms with Gasteiger partial charge in [0.15, 0.2) is 0 Å². The highest BCUT2D eigenvalue weighted by Crippen LogP contribution is 2.27. The summed E-state index contributed by atoms with van der Waals surface area (Å²) in [6.07, 6.45) is 5.05. The van der Waals surface area contributed by atoms with Gasteiger partial charge in [0.1, 0.15) is 0 Å². The van der Waals surface area contributed by atoms with Crippen LogP contribution in [0.2, 0.25) is 0 Å². The first kappa shape index (κ1) is 13.2. The largest absolute Gasteiger partial charge is 0.396 e. The van der Waals surface area contributed by atoms with Crippen molar-refractivity contribution in [3.63, 3.8) is 0 Å². The number of hydrogen-bond acceptors (Lipinski definition) is 5. The Morgan fingerprint density at radius 1 is 1.17 bits per heavy atom. The molecule has 0 bridgehead atoms. The monoisotopic (exact) mass is 250 g/mol. The Balaban J connectivity index is 2.09. The minimum atomic E-state index is 0.235. The first-order chi connectivity index (χ1) is 8.78. The van der Waals surface area contributed by atoms with E-state index in [1.165, 1.54) is 0 Å². The van der Waals surface area contributed by atoms with Gasteiger partial charge in [0.25, 0.3) is 0 Å². The summed E-state index contributed by atoms with van der Waals surface area (Å²) < 4.78 is 0. The van der Waals surface area contributed by atoms with Gasteiger partial charge in [0.2, 0.25) is 5.95 Å². The standard InChI is InChI=1S/C13H22N4O/c1-3-10-11(4-2)16-17-13(14-10)15-12-7-5-6-9(12)8-18/h9,12,18H,3-8H2,1-2H3,(H,14,15,17). The normalized spacial score (nSPS) is 23.3. The van der Waals surface area contributed by atoms with Crippen molar-refractivity contribution in [1.29, 1.82) is 0 Å². The van der Waals surface area contributed by atoms with Gasteiger partial charge in [0, 0.05) is 18.6 Å². The SMILES string of the molecule is CCc1nnc(NC2CCCC2CO)nc1CC. The molecule has 2 rings (SSSR count). The van der Waals surface area contributed by atoms with E-state index in [-0.39, 0.29) is 12.6 Å². The summed E-state index contributed by atoms with van der Waals surface area (Å²) in [5, 5.41) is 21.0. The third kappa shape index (κ3) is 2.77. The van der Waals surface area contributed by atoms with Crippen LogP contribution in [-0.4, -0.2) is 32.9 Å². The van der Waals surface area contributed by atoms with Crippen LogP contribution >= 0.6 is 0 Å². The molecule has 100 valence electrons. The van der Waals surface area contributed by atoms with Crippen LogP contribution < -0.4 is 5.32 Å². The fourth-order valence-corrected chi connectivity index (χ4v) is 2.61. The molecule has 0 radical (unpaired) electrons. The molecule has 1 fully saturated rings. The number of rotatable bonds is 5. The van der Waals surface area contributed by atoms with Gasteiger partial charge < -0.3 is 10.4 Å². The molecule has 1 aliphatic carbocycles. The number of aryl methyl sites for hydroxylation is 2. The lowest BCUT2D eigenvalue weighted by molar-refractivity contribution is 0.222. The van der Waals surface area contributed by atoms with E-state index in [0.29, 0.717) is 11.9 Å². The van der Waals surface area contributed by atoms with Crippen molar-refractivity contribution < 1.29 is 5.11 Å². The predicted molar refractivity (Wildman–Crippen MR) is 70.4 cm³/mol. The fourth-order valence-electron chi connectivity index (χ4n) is 2.61. The van der Waals surface area contributed by atoms with Crippen LogP contribution in [0.3, 0.4) is 0 Å². The summed E-state index contributed by atoms with van der Waals surface area (Å²) in [4.78, 5) is 4.53. The Morgan fingerprint density at radius 2 is 1.94 bits per heavy atom. The lowest BCUT2D eigenvalue weighted by atomic mass is 10.1. The van der Waals surface area contributed by atoms with Crippen LogP contribution in [0.5, 0.6) is 0 Å². The smallest absolute Gasteiger partial charge is 0.243 e. The zero-order valence-electron chi connectivity index (χ0n) is 11.2. The number of aliphatic hydroxyl groups is 1. The minimum absolute atomic E-state index is 0.235. The van der Waals surface area contributed by atoms with Crippen LogP contribution in [0.15, 0.2) is 0 Å². The maximum absolute atomic E-state index is 9.30. The van der Waals surface area contributed by atoms with Crippen LogP contribution in [0.4, 0.5) is 5.95 Å². The maximum atomic E-state index is 9.30. The molecule has 1 heterocycles. The van der Waals surface area contributed by atoms with Gasteiger partial charge in [-0.05, 0) is 25.7 Å². The second kappa shape index (κ2) is 6.09. The topological polar surface area (TPSA) is 70.9 Å². The molecule has 18 heavy (non-hydrogen) atoms. The van der Waals surface area contributed by atoms with Gasteiger partial charge in [-0.25, -0.2) is 4.98 Å². The molecule has 1 aromatic rings. The summed E-state index contributed by atoms with van der Waals surface area (Å²) in [5.74, 6) is 0.930. The molecular weight excluding hydrogens is 228 g/mol. The van der Waals surface area contributed by atoms with E-state index in [0.717, 1.165) is 43.5 Å². The van der Waals surface area contributed by atoms with Crippen molar-refractivity contribution in [2.45, 2.75) is 52.0 Å². The second-order valence-corrected chi connectivity index (χ2v) is 4.86. The van der Waals surface area contributed by atoms with Crippen molar-refractivity contribution in [3.05, 3.63) is 11.4 Å². The van der Waals surface area contributed by atoms with Crippen molar-refractivity contribution in [2.75, 3.05) is 11.9 Å². The highest BCUT2D eigenvalue weighted by molar-refractivity contribution is 5.28. The quantitative estimate of drug-likeness (QED) is 0.830. The highest BCUT2D eigenvalue weighted by atomic mass is 16.3. The van der Waals surface area contributed by atoms with Crippen LogP contribution in [-0.2, 0) is 12.8 Å². The lowest BCUT2D eigenvalue weighted by Crippen LogP contribution is -2.27. The molecule has 2 atom stereocenters. The summed E-state index contributed by atoms with van der Waals surface area (Å²) in [5.41, 5.74) is 2.00. The minimum Gasteiger partial charge on any atom is -0.396 e. The van der Waals surface area contributed by atoms with Gasteiger partial charge in [0.05, 0.1) is 11.4 Å². The molecule has 1 saturated carbocycles. The van der Waals surface area contributed by atoms with E-state index in [1.807, 2.05) is 0 Å². The van der Waals surface area contributed by atoms with Gasteiger partial charge in [-0.1, -0.05) is 20.3 Å². The van der Waals surface area contributed by atoms with E-state index in [1.54, 1.807) is 0 Å². The third-order valence-corrected chi connectivity index (χ3v) is 3.72. The summed E-state index contributed by atoms with van der Waals surface area (Å²) >= 11 is 0. The maximum Gasteiger partial charge on any atom is 0.243 e. The molecule has 5 heteroatoms. The molecule has 0 amide bonds. The predicted octanol–water partition coefficient (Wildman–Crippen LogP) is 1.57. The van der Waals surface area contributed by atoms with Crippen LogP contribution in [0.25, 0.3) is 0 Å². The molecular formula is C13H22N4O. The average Bonchev–Trinajstić information content (AvgIpc) is 2.85. The molecule has 1 aromatic heterocycles. The number of nitrogens with zero attached hydrogens (tertiary/aromatic N) is 3. The molecule has 2 N–H and O–H groups in total. The van der Waals surface area contributed by atoms with Crippen LogP contribution in [0, 0.1) is 5.92 Å². The van der Waals surface area contributed by atoms with Crippen molar-refractivity contribution in [2.24, 2.45) is 5.92 Å². The Hall–Kier alpha value is -1.23. The molecule has 2 unspecified atom stereocenters. The van der Waals surface area contributed by atoms with E-state index in [9.17, 15) is 5.11 Å². The number of hydrogen-bond donors (Lipinski definition) is 2. The molecule has 0 aromatic carbocycles. The van der Waals surface area contributed by atoms with E-state index >= 15 is 0 Å². The first-order valence-corrected chi connectivity index (χ1v) is 6.88. The zero-order chi connectivity index (χ0) is 13.0. The highest BCUT2D eigenvalue weighted by Gasteiger charge is 2.27. The fraction of sp³-hybridized carbons (Fsp3) is 0.769. The molecule has 0 spiro atoms. The van der Waals surface area contributed by atoms with E-state index in [2.05, 4.69) is 34.3 Å². The number of aliphatic hydroxyl groups excluding tert-OH is 1. The van der Waals surface area contributed by atoms with Gasteiger partial charge in [-0.3, -0.25) is 0 Å².